The first-order valence-corrected chi connectivity index (χ1v) is 12.7. The first-order valence-electron chi connectivity index (χ1n) is 12.4. The molecule has 0 bridgehead atoms. The van der Waals surface area contributed by atoms with Crippen molar-refractivity contribution < 1.29 is 4.79 Å². The highest BCUT2D eigenvalue weighted by Gasteiger charge is 2.27. The fourth-order valence-corrected chi connectivity index (χ4v) is 5.19. The molecule has 0 N–H and O–H groups in total. The largest absolute Gasteiger partial charge is 0.343 e. The molecule has 1 aliphatic rings. The van der Waals surface area contributed by atoms with E-state index in [1.807, 2.05) is 29.3 Å². The number of halogens is 1. The van der Waals surface area contributed by atoms with E-state index in [2.05, 4.69) is 76.1 Å². The number of fused-ring (bicyclic) bond motifs is 1. The molecular weight excluding hydrogens is 456 g/mol. The Kier molecular flexibility index (Phi) is 7.16. The lowest BCUT2D eigenvalue weighted by molar-refractivity contribution is -0.133. The summed E-state index contributed by atoms with van der Waals surface area (Å²) in [6, 6.07) is 22.8. The van der Waals surface area contributed by atoms with Crippen LogP contribution in [0, 0.1) is 0 Å². The maximum atomic E-state index is 13.5. The normalized spacial score (nSPS) is 15.4. The van der Waals surface area contributed by atoms with Crippen molar-refractivity contribution in [2.75, 3.05) is 32.7 Å². The van der Waals surface area contributed by atoms with E-state index in [4.69, 9.17) is 11.6 Å². The van der Waals surface area contributed by atoms with Crippen molar-refractivity contribution in [3.05, 3.63) is 101 Å². The lowest BCUT2D eigenvalue weighted by Crippen LogP contribution is -2.48. The molecule has 5 nitrogen and oxygen atoms in total. The van der Waals surface area contributed by atoms with Gasteiger partial charge in [-0.2, -0.15) is 0 Å². The Morgan fingerprint density at radius 3 is 2.43 bits per heavy atom. The summed E-state index contributed by atoms with van der Waals surface area (Å²) in [6.07, 6.45) is 4.45. The van der Waals surface area contributed by atoms with Gasteiger partial charge in [0.2, 0.25) is 5.91 Å². The number of likely N-dealkylation sites (N-methyl/N-ethyl adjacent to an activating group) is 1. The Bertz CT molecular complexity index is 1280. The van der Waals surface area contributed by atoms with Gasteiger partial charge in [-0.1, -0.05) is 73.1 Å². The van der Waals surface area contributed by atoms with Crippen LogP contribution in [0.1, 0.15) is 36.0 Å². The van der Waals surface area contributed by atoms with E-state index in [0.29, 0.717) is 11.6 Å². The van der Waals surface area contributed by atoms with Crippen LogP contribution >= 0.6 is 11.6 Å². The molecule has 0 aliphatic carbocycles. The molecule has 2 aromatic carbocycles. The number of hydrogen-bond donors (Lipinski definition) is 0. The van der Waals surface area contributed by atoms with Gasteiger partial charge in [0.05, 0.1) is 0 Å². The third kappa shape index (κ3) is 5.26. The molecule has 0 unspecified atom stereocenters. The number of carbonyl (C=O) groups excluding carboxylic acids is 1. The number of pyridine rings is 1. The number of hydrogen-bond acceptors (Lipinski definition) is 3. The Hall–Kier alpha value is -3.15. The van der Waals surface area contributed by atoms with Crippen molar-refractivity contribution in [3.8, 4) is 0 Å². The zero-order valence-corrected chi connectivity index (χ0v) is 20.9. The van der Waals surface area contributed by atoms with Gasteiger partial charge in [-0.3, -0.25) is 4.79 Å². The maximum absolute atomic E-state index is 13.5. The summed E-state index contributed by atoms with van der Waals surface area (Å²) in [5.41, 5.74) is 4.58. The minimum atomic E-state index is -0.0987. The average Bonchev–Trinajstić information content (AvgIpc) is 3.26. The molecule has 0 radical (unpaired) electrons. The zero-order valence-electron chi connectivity index (χ0n) is 20.1. The lowest BCUT2D eigenvalue weighted by Gasteiger charge is -2.34. The molecule has 1 aliphatic heterocycles. The molecule has 5 rings (SSSR count). The van der Waals surface area contributed by atoms with E-state index in [1.54, 1.807) is 0 Å². The molecular formula is C29H31ClN4O. The highest BCUT2D eigenvalue weighted by atomic mass is 35.5. The quantitative estimate of drug-likeness (QED) is 0.327. The molecule has 4 aromatic rings. The SMILES string of the molecule is CCN1CCN(C(=O)C[C@@H](c2ccc(Cl)nc2)c2cn(Cc3ccccc3)c3ccccc23)CC1. The van der Waals surface area contributed by atoms with Crippen molar-refractivity contribution in [1.82, 2.24) is 19.4 Å². The first kappa shape index (κ1) is 23.6. The molecule has 3 heterocycles. The second-order valence-corrected chi connectivity index (χ2v) is 9.59. The standard InChI is InChI=1S/C29H31ClN4O/c1-2-32-14-16-33(17-15-32)29(35)18-25(23-12-13-28(30)31-19-23)26-21-34(20-22-8-4-3-5-9-22)27-11-7-6-10-24(26)27/h3-13,19,21,25H,2,14-18,20H2,1H3/t25-/m0/s1. The monoisotopic (exact) mass is 486 g/mol. The van der Waals surface area contributed by atoms with Gasteiger partial charge >= 0.3 is 0 Å². The Morgan fingerprint density at radius 2 is 1.71 bits per heavy atom. The van der Waals surface area contributed by atoms with Crippen LogP contribution in [0.4, 0.5) is 0 Å². The first-order chi connectivity index (χ1) is 17.1. The molecule has 6 heteroatoms. The second kappa shape index (κ2) is 10.6. The maximum Gasteiger partial charge on any atom is 0.223 e. The van der Waals surface area contributed by atoms with Gasteiger partial charge in [-0.05, 0) is 35.4 Å². The minimum absolute atomic E-state index is 0.0987. The van der Waals surface area contributed by atoms with Crippen molar-refractivity contribution in [3.63, 3.8) is 0 Å². The molecule has 2 aromatic heterocycles. The molecule has 1 atom stereocenters. The molecule has 0 saturated carbocycles. The Labute approximate surface area is 211 Å². The number of nitrogens with zero attached hydrogens (tertiary/aromatic N) is 4. The van der Waals surface area contributed by atoms with E-state index >= 15 is 0 Å². The van der Waals surface area contributed by atoms with E-state index in [-0.39, 0.29) is 11.8 Å². The number of amides is 1. The highest BCUT2D eigenvalue weighted by molar-refractivity contribution is 6.29. The average molecular weight is 487 g/mol. The third-order valence-electron chi connectivity index (χ3n) is 7.09. The number of aromatic nitrogens is 2. The van der Waals surface area contributed by atoms with Crippen molar-refractivity contribution in [2.24, 2.45) is 0 Å². The third-order valence-corrected chi connectivity index (χ3v) is 7.32. The van der Waals surface area contributed by atoms with E-state index in [1.165, 1.54) is 16.5 Å². The minimum Gasteiger partial charge on any atom is -0.343 e. The second-order valence-electron chi connectivity index (χ2n) is 9.20. The van der Waals surface area contributed by atoms with Crippen molar-refractivity contribution >= 4 is 28.4 Å². The fourth-order valence-electron chi connectivity index (χ4n) is 5.08. The highest BCUT2D eigenvalue weighted by Crippen LogP contribution is 2.35. The lowest BCUT2D eigenvalue weighted by atomic mass is 9.88. The van der Waals surface area contributed by atoms with Gasteiger partial charge in [0.15, 0.2) is 0 Å². The smallest absolute Gasteiger partial charge is 0.223 e. The van der Waals surface area contributed by atoms with E-state index in [0.717, 1.165) is 50.4 Å². The summed E-state index contributed by atoms with van der Waals surface area (Å²) in [7, 11) is 0. The topological polar surface area (TPSA) is 41.4 Å². The van der Waals surface area contributed by atoms with Crippen LogP contribution in [-0.2, 0) is 11.3 Å². The summed E-state index contributed by atoms with van der Waals surface area (Å²) in [6.45, 7) is 7.42. The zero-order chi connectivity index (χ0) is 24.2. The molecule has 1 fully saturated rings. The molecule has 1 amide bonds. The van der Waals surface area contributed by atoms with Crippen LogP contribution in [0.15, 0.2) is 79.1 Å². The summed E-state index contributed by atoms with van der Waals surface area (Å²) < 4.78 is 2.29. The predicted molar refractivity (Wildman–Crippen MR) is 142 cm³/mol. The van der Waals surface area contributed by atoms with Crippen LogP contribution in [0.3, 0.4) is 0 Å². The van der Waals surface area contributed by atoms with Gasteiger partial charge in [-0.25, -0.2) is 4.98 Å². The molecule has 35 heavy (non-hydrogen) atoms. The summed E-state index contributed by atoms with van der Waals surface area (Å²) in [5.74, 6) is 0.0963. The van der Waals surface area contributed by atoms with Gasteiger partial charge in [0.1, 0.15) is 5.15 Å². The van der Waals surface area contributed by atoms with Gasteiger partial charge in [0.25, 0.3) is 0 Å². The Balaban J connectivity index is 1.51. The van der Waals surface area contributed by atoms with Gasteiger partial charge in [0, 0.05) is 68.4 Å². The number of benzene rings is 2. The van der Waals surface area contributed by atoms with E-state index in [9.17, 15) is 4.79 Å². The number of rotatable bonds is 7. The molecule has 180 valence electrons. The van der Waals surface area contributed by atoms with E-state index < -0.39 is 0 Å². The van der Waals surface area contributed by atoms with Crippen molar-refractivity contribution in [2.45, 2.75) is 25.8 Å². The number of para-hydroxylation sites is 1. The van der Waals surface area contributed by atoms with Gasteiger partial charge < -0.3 is 14.4 Å². The number of carbonyl (C=O) groups is 1. The summed E-state index contributed by atoms with van der Waals surface area (Å²) in [4.78, 5) is 22.3. The molecule has 1 saturated heterocycles. The van der Waals surface area contributed by atoms with Gasteiger partial charge in [-0.15, -0.1) is 0 Å². The summed E-state index contributed by atoms with van der Waals surface area (Å²) in [5, 5.41) is 1.63. The summed E-state index contributed by atoms with van der Waals surface area (Å²) >= 11 is 6.11. The van der Waals surface area contributed by atoms with Crippen LogP contribution in [0.25, 0.3) is 10.9 Å². The van der Waals surface area contributed by atoms with Crippen LogP contribution < -0.4 is 0 Å². The van der Waals surface area contributed by atoms with Crippen molar-refractivity contribution in [1.29, 1.82) is 0 Å². The number of piperazine rings is 1. The Morgan fingerprint density at radius 1 is 0.971 bits per heavy atom. The van der Waals surface area contributed by atoms with Crippen LogP contribution in [0.5, 0.6) is 0 Å². The fraction of sp³-hybridized carbons (Fsp3) is 0.310. The molecule has 0 spiro atoms. The van der Waals surface area contributed by atoms with Crippen LogP contribution in [0.2, 0.25) is 5.15 Å². The predicted octanol–water partition coefficient (Wildman–Crippen LogP) is 5.42. The van der Waals surface area contributed by atoms with Crippen LogP contribution in [-0.4, -0.2) is 58.0 Å².